The third kappa shape index (κ3) is 3.71. The number of thioether (sulfide) groups is 1. The van der Waals surface area contributed by atoms with Crippen molar-refractivity contribution in [3.8, 4) is 0 Å². The lowest BCUT2D eigenvalue weighted by Crippen LogP contribution is -2.36. The zero-order valence-electron chi connectivity index (χ0n) is 12.0. The maximum atomic E-state index is 13.4. The van der Waals surface area contributed by atoms with Gasteiger partial charge >= 0.3 is 0 Å². The molecule has 2 N–H and O–H groups in total. The van der Waals surface area contributed by atoms with Gasteiger partial charge in [-0.15, -0.1) is 0 Å². The molecule has 1 aromatic rings. The van der Waals surface area contributed by atoms with Gasteiger partial charge in [-0.25, -0.2) is 8.78 Å². The first-order chi connectivity index (χ1) is 9.43. The number of halogens is 2. The summed E-state index contributed by atoms with van der Waals surface area (Å²) in [5.74, 6) is -0.574. The van der Waals surface area contributed by atoms with Crippen LogP contribution in [0.2, 0.25) is 0 Å². The monoisotopic (exact) mass is 300 g/mol. The summed E-state index contributed by atoms with van der Waals surface area (Å²) in [5.41, 5.74) is 6.64. The lowest BCUT2D eigenvalue weighted by Gasteiger charge is -2.30. The van der Waals surface area contributed by atoms with Gasteiger partial charge in [-0.2, -0.15) is 11.8 Å². The summed E-state index contributed by atoms with van der Waals surface area (Å²) in [7, 11) is 0. The van der Waals surface area contributed by atoms with Crippen molar-refractivity contribution in [2.45, 2.75) is 31.1 Å². The van der Waals surface area contributed by atoms with Crippen LogP contribution in [0.3, 0.4) is 0 Å². The Kier molecular flexibility index (Phi) is 5.04. The van der Waals surface area contributed by atoms with E-state index in [0.29, 0.717) is 6.54 Å². The molecule has 1 aromatic carbocycles. The highest BCUT2D eigenvalue weighted by Gasteiger charge is 2.27. The van der Waals surface area contributed by atoms with Crippen LogP contribution in [-0.4, -0.2) is 35.0 Å². The Bertz CT molecular complexity index is 465. The Labute approximate surface area is 123 Å². The molecule has 20 heavy (non-hydrogen) atoms. The lowest BCUT2D eigenvalue weighted by atomic mass is 10.0. The van der Waals surface area contributed by atoms with Crippen LogP contribution in [0.4, 0.5) is 8.78 Å². The van der Waals surface area contributed by atoms with Crippen molar-refractivity contribution >= 4 is 11.8 Å². The summed E-state index contributed by atoms with van der Waals surface area (Å²) in [6, 6.07) is 4.05. The predicted molar refractivity (Wildman–Crippen MR) is 80.9 cm³/mol. The van der Waals surface area contributed by atoms with Crippen LogP contribution >= 0.6 is 11.8 Å². The molecule has 0 bridgehead atoms. The summed E-state index contributed by atoms with van der Waals surface area (Å²) in [4.78, 5) is 2.29. The number of rotatable bonds is 3. The van der Waals surface area contributed by atoms with E-state index in [1.807, 2.05) is 11.8 Å². The van der Waals surface area contributed by atoms with Gasteiger partial charge in [-0.1, -0.05) is 19.9 Å². The zero-order chi connectivity index (χ0) is 14.8. The number of benzene rings is 1. The van der Waals surface area contributed by atoms with Crippen molar-refractivity contribution in [1.29, 1.82) is 0 Å². The second-order valence-corrected chi connectivity index (χ2v) is 7.62. The molecular formula is C15H22F2N2S. The van der Waals surface area contributed by atoms with E-state index in [1.54, 1.807) is 6.07 Å². The molecule has 1 heterocycles. The Morgan fingerprint density at radius 2 is 2.05 bits per heavy atom. The van der Waals surface area contributed by atoms with Crippen molar-refractivity contribution < 1.29 is 8.78 Å². The molecule has 1 aliphatic heterocycles. The molecule has 0 saturated carbocycles. The average molecular weight is 300 g/mol. The number of nitrogens with zero attached hydrogens (tertiary/aromatic N) is 1. The first-order valence-corrected chi connectivity index (χ1v) is 7.94. The van der Waals surface area contributed by atoms with E-state index >= 15 is 0 Å². The molecule has 2 nitrogen and oxygen atoms in total. The second kappa shape index (κ2) is 6.41. The summed E-state index contributed by atoms with van der Waals surface area (Å²) in [5, 5.41) is 0. The number of hydrogen-bond acceptors (Lipinski definition) is 3. The fraction of sp³-hybridized carbons (Fsp3) is 0.600. The van der Waals surface area contributed by atoms with Gasteiger partial charge in [0, 0.05) is 36.2 Å². The van der Waals surface area contributed by atoms with E-state index in [9.17, 15) is 8.78 Å². The highest BCUT2D eigenvalue weighted by atomic mass is 32.2. The second-order valence-electron chi connectivity index (χ2n) is 5.82. The van der Waals surface area contributed by atoms with Gasteiger partial charge in [0.05, 0.1) is 0 Å². The molecule has 1 aliphatic rings. The van der Waals surface area contributed by atoms with E-state index in [1.165, 1.54) is 12.1 Å². The van der Waals surface area contributed by atoms with Crippen LogP contribution < -0.4 is 5.73 Å². The van der Waals surface area contributed by atoms with Crippen molar-refractivity contribution in [2.75, 3.05) is 25.4 Å². The third-order valence-electron chi connectivity index (χ3n) is 3.86. The van der Waals surface area contributed by atoms with E-state index in [-0.39, 0.29) is 10.8 Å². The van der Waals surface area contributed by atoms with Crippen molar-refractivity contribution in [2.24, 2.45) is 5.73 Å². The smallest absolute Gasteiger partial charge is 0.159 e. The Hall–Kier alpha value is -0.650. The average Bonchev–Trinajstić information content (AvgIpc) is 2.56. The van der Waals surface area contributed by atoms with Crippen LogP contribution in [0.15, 0.2) is 18.2 Å². The van der Waals surface area contributed by atoms with Gasteiger partial charge in [0.1, 0.15) is 0 Å². The molecule has 1 atom stereocenters. The fourth-order valence-electron chi connectivity index (χ4n) is 2.56. The van der Waals surface area contributed by atoms with Crippen molar-refractivity contribution in [3.05, 3.63) is 35.4 Å². The summed E-state index contributed by atoms with van der Waals surface area (Å²) in [6.07, 6.45) is 1.07. The first kappa shape index (κ1) is 15.7. The Balaban J connectivity index is 2.17. The van der Waals surface area contributed by atoms with Gasteiger partial charge in [-0.05, 0) is 24.1 Å². The number of hydrogen-bond donors (Lipinski definition) is 1. The molecule has 1 saturated heterocycles. The molecule has 5 heteroatoms. The Morgan fingerprint density at radius 3 is 2.70 bits per heavy atom. The van der Waals surface area contributed by atoms with Crippen LogP contribution in [0, 0.1) is 11.6 Å². The fourth-order valence-corrected chi connectivity index (χ4v) is 3.68. The largest absolute Gasteiger partial charge is 0.329 e. The summed E-state index contributed by atoms with van der Waals surface area (Å²) < 4.78 is 26.7. The minimum atomic E-state index is -0.808. The predicted octanol–water partition coefficient (Wildman–Crippen LogP) is 3.18. The van der Waals surface area contributed by atoms with Gasteiger partial charge in [0.25, 0.3) is 0 Å². The van der Waals surface area contributed by atoms with Gasteiger partial charge < -0.3 is 5.73 Å². The highest BCUT2D eigenvalue weighted by molar-refractivity contribution is 8.00. The molecule has 0 radical (unpaired) electrons. The summed E-state index contributed by atoms with van der Waals surface area (Å²) in [6.45, 7) is 6.76. The first-order valence-electron chi connectivity index (χ1n) is 6.96. The maximum absolute atomic E-state index is 13.4. The normalized spacial score (nSPS) is 21.4. The topological polar surface area (TPSA) is 29.3 Å². The standard InChI is InChI=1S/C15H22F2N2S/c1-15(2)5-6-19(7-8-20-15)14(10-18)11-3-4-12(16)13(17)9-11/h3-4,9,14H,5-8,10,18H2,1-2H3. The SMILES string of the molecule is CC1(C)CCN(C(CN)c2ccc(F)c(F)c2)CCS1. The van der Waals surface area contributed by atoms with Crippen LogP contribution in [-0.2, 0) is 0 Å². The van der Waals surface area contributed by atoms with Crippen LogP contribution in [0.1, 0.15) is 31.9 Å². The molecule has 1 fully saturated rings. The molecule has 0 aliphatic carbocycles. The van der Waals surface area contributed by atoms with Gasteiger partial charge in [0.2, 0.25) is 0 Å². The highest BCUT2D eigenvalue weighted by Crippen LogP contribution is 2.33. The van der Waals surface area contributed by atoms with Crippen LogP contribution in [0.25, 0.3) is 0 Å². The Morgan fingerprint density at radius 1 is 1.30 bits per heavy atom. The van der Waals surface area contributed by atoms with Crippen molar-refractivity contribution in [3.63, 3.8) is 0 Å². The van der Waals surface area contributed by atoms with E-state index in [4.69, 9.17) is 5.73 Å². The molecular weight excluding hydrogens is 278 g/mol. The molecule has 0 aromatic heterocycles. The molecule has 0 amide bonds. The van der Waals surface area contributed by atoms with Gasteiger partial charge in [-0.3, -0.25) is 4.90 Å². The van der Waals surface area contributed by atoms with Crippen LogP contribution in [0.5, 0.6) is 0 Å². The minimum absolute atomic E-state index is 0.0420. The summed E-state index contributed by atoms with van der Waals surface area (Å²) >= 11 is 1.96. The van der Waals surface area contributed by atoms with E-state index in [2.05, 4.69) is 18.7 Å². The van der Waals surface area contributed by atoms with E-state index < -0.39 is 11.6 Å². The quantitative estimate of drug-likeness (QED) is 0.929. The molecule has 112 valence electrons. The number of nitrogens with two attached hydrogens (primary N) is 1. The third-order valence-corrected chi connectivity index (χ3v) is 5.24. The van der Waals surface area contributed by atoms with E-state index in [0.717, 1.165) is 30.8 Å². The zero-order valence-corrected chi connectivity index (χ0v) is 12.9. The lowest BCUT2D eigenvalue weighted by molar-refractivity contribution is 0.210. The van der Waals surface area contributed by atoms with Gasteiger partial charge in [0.15, 0.2) is 11.6 Å². The molecule has 0 spiro atoms. The molecule has 1 unspecified atom stereocenters. The molecule has 2 rings (SSSR count). The van der Waals surface area contributed by atoms with Crippen molar-refractivity contribution in [1.82, 2.24) is 4.90 Å². The maximum Gasteiger partial charge on any atom is 0.159 e. The minimum Gasteiger partial charge on any atom is -0.329 e.